The zero-order chi connectivity index (χ0) is 11.0. The normalized spacial score (nSPS) is 12.0. The summed E-state index contributed by atoms with van der Waals surface area (Å²) in [5.74, 6) is 0. The topological polar surface area (TPSA) is 35.5 Å². The van der Waals surface area contributed by atoms with Gasteiger partial charge in [-0.05, 0) is 20.3 Å². The molecule has 0 aromatic carbocycles. The fourth-order valence-electron chi connectivity index (χ4n) is 1.40. The van der Waals surface area contributed by atoms with Gasteiger partial charge in [0.25, 0.3) is 0 Å². The zero-order valence-electron chi connectivity index (χ0n) is 10.1. The van der Waals surface area contributed by atoms with Crippen LogP contribution in [-0.2, 0) is 0 Å². The minimum absolute atomic E-state index is 0.292. The highest BCUT2D eigenvalue weighted by Crippen LogP contribution is 1.98. The number of hydrogen-bond acceptors (Lipinski definition) is 3. The predicted molar refractivity (Wildman–Crippen MR) is 61.6 cm³/mol. The van der Waals surface area contributed by atoms with Crippen LogP contribution in [0, 0.1) is 0 Å². The van der Waals surface area contributed by atoms with Crippen molar-refractivity contribution in [1.29, 1.82) is 0 Å². The van der Waals surface area contributed by atoms with E-state index in [1.54, 1.807) is 0 Å². The molecule has 0 aliphatic heterocycles. The lowest BCUT2D eigenvalue weighted by Gasteiger charge is -2.26. The first-order valence-corrected chi connectivity index (χ1v) is 5.66. The first kappa shape index (κ1) is 13.9. The second-order valence-electron chi connectivity index (χ2n) is 4.32. The number of aliphatic hydroxyl groups excluding tert-OH is 1. The fraction of sp³-hybridized carbons (Fsp3) is 1.00. The second-order valence-corrected chi connectivity index (χ2v) is 4.32. The van der Waals surface area contributed by atoms with Gasteiger partial charge in [-0.15, -0.1) is 0 Å². The van der Waals surface area contributed by atoms with Crippen molar-refractivity contribution in [2.75, 3.05) is 26.2 Å². The molecule has 86 valence electrons. The van der Waals surface area contributed by atoms with E-state index in [4.69, 9.17) is 5.11 Å². The molecule has 0 aliphatic rings. The average molecular weight is 202 g/mol. The van der Waals surface area contributed by atoms with Crippen molar-refractivity contribution in [2.24, 2.45) is 0 Å². The van der Waals surface area contributed by atoms with Gasteiger partial charge in [0.05, 0.1) is 0 Å². The molecule has 0 saturated heterocycles. The van der Waals surface area contributed by atoms with Crippen molar-refractivity contribution in [2.45, 2.75) is 46.2 Å². The molecule has 0 amide bonds. The molecule has 0 unspecified atom stereocenters. The van der Waals surface area contributed by atoms with Crippen LogP contribution in [0.5, 0.6) is 0 Å². The molecule has 0 aromatic rings. The minimum atomic E-state index is 0.292. The third kappa shape index (κ3) is 7.30. The molecule has 0 rings (SSSR count). The summed E-state index contributed by atoms with van der Waals surface area (Å²) in [6.07, 6.45) is 0.875. The molecule has 0 fully saturated rings. The van der Waals surface area contributed by atoms with Crippen LogP contribution in [0.1, 0.15) is 34.1 Å². The molecule has 3 heteroatoms. The largest absolute Gasteiger partial charge is 0.396 e. The summed E-state index contributed by atoms with van der Waals surface area (Å²) in [5.41, 5.74) is 0. The molecular formula is C11H26N2O. The first-order valence-electron chi connectivity index (χ1n) is 5.66. The van der Waals surface area contributed by atoms with E-state index in [1.165, 1.54) is 0 Å². The molecular weight excluding hydrogens is 176 g/mol. The summed E-state index contributed by atoms with van der Waals surface area (Å²) in [4.78, 5) is 2.39. The Morgan fingerprint density at radius 1 is 1.14 bits per heavy atom. The first-order chi connectivity index (χ1) is 6.57. The van der Waals surface area contributed by atoms with Crippen LogP contribution in [0.3, 0.4) is 0 Å². The van der Waals surface area contributed by atoms with Crippen molar-refractivity contribution < 1.29 is 5.11 Å². The van der Waals surface area contributed by atoms with E-state index in [0.717, 1.165) is 26.1 Å². The Bertz CT molecular complexity index is 126. The van der Waals surface area contributed by atoms with Crippen LogP contribution in [0.4, 0.5) is 0 Å². The molecule has 0 radical (unpaired) electrons. The molecule has 0 saturated carbocycles. The summed E-state index contributed by atoms with van der Waals surface area (Å²) >= 11 is 0. The van der Waals surface area contributed by atoms with Crippen molar-refractivity contribution in [3.05, 3.63) is 0 Å². The van der Waals surface area contributed by atoms with Gasteiger partial charge in [-0.25, -0.2) is 0 Å². The van der Waals surface area contributed by atoms with E-state index < -0.39 is 0 Å². The molecule has 14 heavy (non-hydrogen) atoms. The SMILES string of the molecule is CC(C)NCCN(CCCO)C(C)C. The van der Waals surface area contributed by atoms with Crippen LogP contribution in [-0.4, -0.2) is 48.3 Å². The minimum Gasteiger partial charge on any atom is -0.396 e. The number of nitrogens with zero attached hydrogens (tertiary/aromatic N) is 1. The summed E-state index contributed by atoms with van der Waals surface area (Å²) < 4.78 is 0. The third-order valence-electron chi connectivity index (χ3n) is 2.29. The molecule has 3 nitrogen and oxygen atoms in total. The maximum atomic E-state index is 8.77. The van der Waals surface area contributed by atoms with Gasteiger partial charge >= 0.3 is 0 Å². The Hall–Kier alpha value is -0.120. The van der Waals surface area contributed by atoms with Crippen molar-refractivity contribution in [1.82, 2.24) is 10.2 Å². The quantitative estimate of drug-likeness (QED) is 0.618. The van der Waals surface area contributed by atoms with Gasteiger partial charge in [0.15, 0.2) is 0 Å². The van der Waals surface area contributed by atoms with E-state index in [-0.39, 0.29) is 0 Å². The van der Waals surface area contributed by atoms with Crippen LogP contribution in [0.2, 0.25) is 0 Å². The Morgan fingerprint density at radius 2 is 1.79 bits per heavy atom. The molecule has 0 atom stereocenters. The number of nitrogens with one attached hydrogen (secondary N) is 1. The summed E-state index contributed by atoms with van der Waals surface area (Å²) in [5, 5.41) is 12.2. The van der Waals surface area contributed by atoms with Gasteiger partial charge in [-0.1, -0.05) is 13.8 Å². The smallest absolute Gasteiger partial charge is 0.0443 e. The van der Waals surface area contributed by atoms with Crippen LogP contribution < -0.4 is 5.32 Å². The predicted octanol–water partition coefficient (Wildman–Crippen LogP) is 1.08. The highest BCUT2D eigenvalue weighted by atomic mass is 16.3. The van der Waals surface area contributed by atoms with Crippen molar-refractivity contribution in [3.8, 4) is 0 Å². The van der Waals surface area contributed by atoms with Crippen molar-refractivity contribution in [3.63, 3.8) is 0 Å². The van der Waals surface area contributed by atoms with E-state index in [2.05, 4.69) is 37.9 Å². The third-order valence-corrected chi connectivity index (χ3v) is 2.29. The highest BCUT2D eigenvalue weighted by Gasteiger charge is 2.07. The molecule has 0 bridgehead atoms. The molecule has 0 spiro atoms. The summed E-state index contributed by atoms with van der Waals surface area (Å²) in [6.45, 7) is 12.1. The van der Waals surface area contributed by atoms with Gasteiger partial charge in [0.1, 0.15) is 0 Å². The highest BCUT2D eigenvalue weighted by molar-refractivity contribution is 4.65. The Kier molecular flexibility index (Phi) is 8.14. The second kappa shape index (κ2) is 8.21. The lowest BCUT2D eigenvalue weighted by Crippen LogP contribution is -2.39. The molecule has 2 N–H and O–H groups in total. The van der Waals surface area contributed by atoms with Gasteiger partial charge in [0, 0.05) is 38.3 Å². The van der Waals surface area contributed by atoms with Gasteiger partial charge in [-0.3, -0.25) is 4.90 Å². The Balaban J connectivity index is 3.62. The fourth-order valence-corrected chi connectivity index (χ4v) is 1.40. The summed E-state index contributed by atoms with van der Waals surface area (Å²) in [6, 6.07) is 1.12. The Labute approximate surface area is 88.5 Å². The average Bonchev–Trinajstić information content (AvgIpc) is 2.09. The van der Waals surface area contributed by atoms with Crippen molar-refractivity contribution >= 4 is 0 Å². The lowest BCUT2D eigenvalue weighted by molar-refractivity contribution is 0.191. The van der Waals surface area contributed by atoms with E-state index in [1.807, 2.05) is 0 Å². The van der Waals surface area contributed by atoms with Crippen LogP contribution >= 0.6 is 0 Å². The van der Waals surface area contributed by atoms with Gasteiger partial charge in [0.2, 0.25) is 0 Å². The number of rotatable bonds is 8. The molecule has 0 aromatic heterocycles. The number of aliphatic hydroxyl groups is 1. The van der Waals surface area contributed by atoms with Crippen LogP contribution in [0.25, 0.3) is 0 Å². The van der Waals surface area contributed by atoms with Crippen LogP contribution in [0.15, 0.2) is 0 Å². The monoisotopic (exact) mass is 202 g/mol. The lowest BCUT2D eigenvalue weighted by atomic mass is 10.3. The maximum Gasteiger partial charge on any atom is 0.0443 e. The maximum absolute atomic E-state index is 8.77. The molecule has 0 aliphatic carbocycles. The molecule has 0 heterocycles. The zero-order valence-corrected chi connectivity index (χ0v) is 10.1. The van der Waals surface area contributed by atoms with E-state index in [9.17, 15) is 0 Å². The van der Waals surface area contributed by atoms with E-state index in [0.29, 0.717) is 18.7 Å². The summed E-state index contributed by atoms with van der Waals surface area (Å²) in [7, 11) is 0. The standard InChI is InChI=1S/C11H26N2O/c1-10(2)12-6-8-13(11(3)4)7-5-9-14/h10-12,14H,5-9H2,1-4H3. The van der Waals surface area contributed by atoms with Gasteiger partial charge < -0.3 is 10.4 Å². The van der Waals surface area contributed by atoms with E-state index >= 15 is 0 Å². The van der Waals surface area contributed by atoms with Gasteiger partial charge in [-0.2, -0.15) is 0 Å². The Morgan fingerprint density at radius 3 is 2.21 bits per heavy atom. The number of hydrogen-bond donors (Lipinski definition) is 2.